The fourth-order valence-electron chi connectivity index (χ4n) is 1.41. The van der Waals surface area contributed by atoms with Crippen molar-refractivity contribution in [2.75, 3.05) is 19.8 Å². The highest BCUT2D eigenvalue weighted by molar-refractivity contribution is 8.13. The molecule has 0 bridgehead atoms. The Labute approximate surface area is 123 Å². The van der Waals surface area contributed by atoms with Gasteiger partial charge in [-0.3, -0.25) is 4.79 Å². The second-order valence-corrected chi connectivity index (χ2v) is 6.60. The first-order valence-corrected chi connectivity index (χ1v) is 7.85. The second kappa shape index (κ2) is 6.67. The van der Waals surface area contributed by atoms with Gasteiger partial charge >= 0.3 is 6.18 Å². The number of halogens is 4. The van der Waals surface area contributed by atoms with Crippen LogP contribution in [0.1, 0.15) is 10.5 Å². The molecule has 1 heterocycles. The minimum Gasteiger partial charge on any atom is -0.370 e. The molecule has 11 heteroatoms. The highest BCUT2D eigenvalue weighted by atomic mass is 35.7. The third kappa shape index (κ3) is 5.94. The molecule has 0 atom stereocenters. The van der Waals surface area contributed by atoms with Crippen LogP contribution in [0.5, 0.6) is 0 Å². The highest BCUT2D eigenvalue weighted by Crippen LogP contribution is 2.17. The third-order valence-corrected chi connectivity index (χ3v) is 3.61. The molecule has 0 aromatic carbocycles. The molecule has 0 aliphatic heterocycles. The highest BCUT2D eigenvalue weighted by Gasteiger charge is 2.27. The number of ether oxygens (including phenoxy) is 1. The van der Waals surface area contributed by atoms with Crippen molar-refractivity contribution in [1.29, 1.82) is 0 Å². The summed E-state index contributed by atoms with van der Waals surface area (Å²) < 4.78 is 63.1. The first kappa shape index (κ1) is 17.8. The van der Waals surface area contributed by atoms with Gasteiger partial charge in [-0.2, -0.15) is 13.2 Å². The van der Waals surface area contributed by atoms with Gasteiger partial charge in [0.15, 0.2) is 0 Å². The van der Waals surface area contributed by atoms with Crippen LogP contribution in [0.4, 0.5) is 13.2 Å². The summed E-state index contributed by atoms with van der Waals surface area (Å²) in [5.41, 5.74) is 0.00467. The first-order valence-electron chi connectivity index (χ1n) is 5.54. The van der Waals surface area contributed by atoms with Gasteiger partial charge in [-0.05, 0) is 6.07 Å². The number of carbonyl (C=O) groups excluding carboxylic acids is 1. The lowest BCUT2D eigenvalue weighted by molar-refractivity contribution is -0.173. The lowest BCUT2D eigenvalue weighted by Crippen LogP contribution is -2.30. The Morgan fingerprint density at radius 2 is 2.10 bits per heavy atom. The van der Waals surface area contributed by atoms with E-state index in [0.717, 1.165) is 12.3 Å². The van der Waals surface area contributed by atoms with Crippen LogP contribution in [0.3, 0.4) is 0 Å². The average molecular weight is 349 g/mol. The summed E-state index contributed by atoms with van der Waals surface area (Å²) in [5, 5.41) is 2.30. The molecular formula is C10H12ClF3N2O4S. The molecule has 0 aliphatic carbocycles. The van der Waals surface area contributed by atoms with Gasteiger partial charge in [0, 0.05) is 30.5 Å². The summed E-state index contributed by atoms with van der Waals surface area (Å²) in [5.74, 6) is -0.653. The molecule has 0 unspecified atom stereocenters. The standard InChI is InChI=1S/C10H12ClF3N2O4S/c1-16-5-7(21(11,18)19)4-8(16)9(17)15-2-3-20-6-10(12,13)14/h4-5H,2-3,6H2,1H3,(H,15,17). The van der Waals surface area contributed by atoms with E-state index in [9.17, 15) is 26.4 Å². The van der Waals surface area contributed by atoms with Crippen molar-refractivity contribution < 1.29 is 31.1 Å². The van der Waals surface area contributed by atoms with E-state index >= 15 is 0 Å². The van der Waals surface area contributed by atoms with E-state index in [0.29, 0.717) is 0 Å². The van der Waals surface area contributed by atoms with Crippen molar-refractivity contribution in [3.63, 3.8) is 0 Å². The number of alkyl halides is 3. The quantitative estimate of drug-likeness (QED) is 0.620. The number of amides is 1. The van der Waals surface area contributed by atoms with Crippen LogP contribution in [0.25, 0.3) is 0 Å². The van der Waals surface area contributed by atoms with Crippen LogP contribution in [0.15, 0.2) is 17.2 Å². The third-order valence-electron chi connectivity index (χ3n) is 2.29. The van der Waals surface area contributed by atoms with Gasteiger partial charge in [0.05, 0.1) is 6.61 Å². The molecule has 1 rings (SSSR count). The molecule has 0 spiro atoms. The van der Waals surface area contributed by atoms with E-state index in [4.69, 9.17) is 10.7 Å². The Kier molecular flexibility index (Phi) is 5.65. The average Bonchev–Trinajstić information content (AvgIpc) is 2.69. The lowest BCUT2D eigenvalue weighted by atomic mass is 10.4. The number of nitrogens with one attached hydrogen (secondary N) is 1. The molecule has 0 aliphatic rings. The molecule has 1 N–H and O–H groups in total. The van der Waals surface area contributed by atoms with Crippen LogP contribution >= 0.6 is 10.7 Å². The smallest absolute Gasteiger partial charge is 0.370 e. The number of aromatic nitrogens is 1. The van der Waals surface area contributed by atoms with Gasteiger partial charge in [0.25, 0.3) is 15.0 Å². The number of hydrogen-bond donors (Lipinski definition) is 1. The zero-order valence-corrected chi connectivity index (χ0v) is 12.3. The predicted molar refractivity (Wildman–Crippen MR) is 67.7 cm³/mol. The van der Waals surface area contributed by atoms with E-state index in [2.05, 4.69) is 10.1 Å². The van der Waals surface area contributed by atoms with E-state index in [1.54, 1.807) is 0 Å². The van der Waals surface area contributed by atoms with Gasteiger partial charge in [0.2, 0.25) is 0 Å². The fraction of sp³-hybridized carbons (Fsp3) is 0.500. The topological polar surface area (TPSA) is 77.4 Å². The Morgan fingerprint density at radius 1 is 1.48 bits per heavy atom. The summed E-state index contributed by atoms with van der Waals surface area (Å²) in [7, 11) is 2.61. The summed E-state index contributed by atoms with van der Waals surface area (Å²) in [6.45, 7) is -1.87. The van der Waals surface area contributed by atoms with Crippen molar-refractivity contribution in [2.45, 2.75) is 11.1 Å². The van der Waals surface area contributed by atoms with Gasteiger partial charge in [-0.1, -0.05) is 0 Å². The normalized spacial score (nSPS) is 12.4. The van der Waals surface area contributed by atoms with Gasteiger partial charge in [0.1, 0.15) is 17.2 Å². The number of aryl methyl sites for hydroxylation is 1. The largest absolute Gasteiger partial charge is 0.411 e. The SMILES string of the molecule is Cn1cc(S(=O)(=O)Cl)cc1C(=O)NCCOCC(F)(F)F. The molecule has 0 radical (unpaired) electrons. The Hall–Kier alpha value is -1.26. The zero-order chi connectivity index (χ0) is 16.3. The summed E-state index contributed by atoms with van der Waals surface area (Å²) >= 11 is 0. The van der Waals surface area contributed by atoms with Crippen molar-refractivity contribution in [3.8, 4) is 0 Å². The number of rotatable bonds is 6. The second-order valence-electron chi connectivity index (χ2n) is 4.03. The molecule has 0 fully saturated rings. The minimum atomic E-state index is -4.42. The van der Waals surface area contributed by atoms with Crippen LogP contribution in [-0.2, 0) is 20.8 Å². The van der Waals surface area contributed by atoms with Gasteiger partial charge in [-0.15, -0.1) is 0 Å². The van der Waals surface area contributed by atoms with Crippen LogP contribution in [0.2, 0.25) is 0 Å². The molecule has 0 saturated carbocycles. The maximum absolute atomic E-state index is 11.8. The Balaban J connectivity index is 2.52. The summed E-state index contributed by atoms with van der Waals surface area (Å²) in [6.07, 6.45) is -3.27. The maximum Gasteiger partial charge on any atom is 0.411 e. The fourth-order valence-corrected chi connectivity index (χ4v) is 2.20. The molecule has 1 aromatic heterocycles. The molecular weight excluding hydrogens is 337 g/mol. The van der Waals surface area contributed by atoms with Gasteiger partial charge in [-0.25, -0.2) is 8.42 Å². The number of carbonyl (C=O) groups is 1. The molecule has 1 amide bonds. The van der Waals surface area contributed by atoms with E-state index in [-0.39, 0.29) is 23.7 Å². The molecule has 6 nitrogen and oxygen atoms in total. The summed E-state index contributed by atoms with van der Waals surface area (Å²) in [4.78, 5) is 11.5. The Bertz CT molecular complexity index is 612. The van der Waals surface area contributed by atoms with E-state index < -0.39 is 27.7 Å². The van der Waals surface area contributed by atoms with Crippen molar-refractivity contribution in [2.24, 2.45) is 7.05 Å². The lowest BCUT2D eigenvalue weighted by Gasteiger charge is -2.08. The predicted octanol–water partition coefficient (Wildman–Crippen LogP) is 1.26. The minimum absolute atomic E-state index is 0.00467. The van der Waals surface area contributed by atoms with Crippen molar-refractivity contribution >= 4 is 25.6 Å². The summed E-state index contributed by atoms with van der Waals surface area (Å²) in [6, 6.07) is 1.06. The van der Waals surface area contributed by atoms with E-state index in [1.807, 2.05) is 0 Å². The molecule has 120 valence electrons. The zero-order valence-electron chi connectivity index (χ0n) is 10.8. The van der Waals surface area contributed by atoms with Crippen molar-refractivity contribution in [1.82, 2.24) is 9.88 Å². The van der Waals surface area contributed by atoms with Crippen LogP contribution in [0, 0.1) is 0 Å². The number of nitrogens with zero attached hydrogens (tertiary/aromatic N) is 1. The monoisotopic (exact) mass is 348 g/mol. The van der Waals surface area contributed by atoms with E-state index in [1.165, 1.54) is 11.6 Å². The molecule has 0 saturated heterocycles. The van der Waals surface area contributed by atoms with Crippen molar-refractivity contribution in [3.05, 3.63) is 18.0 Å². The molecule has 21 heavy (non-hydrogen) atoms. The maximum atomic E-state index is 11.8. The number of hydrogen-bond acceptors (Lipinski definition) is 4. The first-order chi connectivity index (χ1) is 9.50. The van der Waals surface area contributed by atoms with Gasteiger partial charge < -0.3 is 14.6 Å². The van der Waals surface area contributed by atoms with Crippen LogP contribution in [-0.4, -0.2) is 44.8 Å². The Morgan fingerprint density at radius 3 is 2.57 bits per heavy atom. The molecule has 1 aromatic rings. The van der Waals surface area contributed by atoms with Crippen LogP contribution < -0.4 is 5.32 Å².